The average Bonchev–Trinajstić information content (AvgIpc) is 2.99. The van der Waals surface area contributed by atoms with E-state index < -0.39 is 42.4 Å². The number of hydrogen-bond donors (Lipinski definition) is 6. The van der Waals surface area contributed by atoms with E-state index in [9.17, 15) is 24.3 Å². The van der Waals surface area contributed by atoms with E-state index in [0.29, 0.717) is 12.8 Å². The molecule has 0 aromatic heterocycles. The molecule has 26 heavy (non-hydrogen) atoms. The van der Waals surface area contributed by atoms with Crippen molar-refractivity contribution in [2.24, 2.45) is 5.73 Å². The summed E-state index contributed by atoms with van der Waals surface area (Å²) in [5.41, 5.74) is 5.33. The number of thioether (sulfide) groups is 1. The largest absolute Gasteiger partial charge is 0.513 e. The number of aliphatic hydroxyl groups is 1. The molecule has 2 amide bonds. The van der Waals surface area contributed by atoms with Crippen LogP contribution in [0.1, 0.15) is 25.7 Å². The molecule has 0 saturated carbocycles. The van der Waals surface area contributed by atoms with Crippen molar-refractivity contribution in [3.05, 3.63) is 11.8 Å². The molecule has 10 nitrogen and oxygen atoms in total. The normalized spacial score (nSPS) is 18.5. The topological polar surface area (TPSA) is 179 Å². The lowest BCUT2D eigenvalue weighted by atomic mass is 10.1. The molecule has 146 valence electrons. The molecular weight excluding hydrogens is 366 g/mol. The predicted molar refractivity (Wildman–Crippen MR) is 93.6 cm³/mol. The Morgan fingerprint density at radius 1 is 1.31 bits per heavy atom. The highest BCUT2D eigenvalue weighted by Gasteiger charge is 2.25. The highest BCUT2D eigenvalue weighted by atomic mass is 32.2. The van der Waals surface area contributed by atoms with Gasteiger partial charge in [-0.25, -0.2) is 0 Å². The van der Waals surface area contributed by atoms with Crippen LogP contribution < -0.4 is 16.4 Å². The second-order valence-corrected chi connectivity index (χ2v) is 7.06. The molecule has 0 saturated heterocycles. The van der Waals surface area contributed by atoms with Crippen LogP contribution >= 0.6 is 11.8 Å². The minimum absolute atomic E-state index is 0.00195. The fraction of sp³-hybridized carbons (Fsp3) is 0.600. The maximum Gasteiger partial charge on any atom is 0.322 e. The number of aliphatic carboxylic acids is 2. The number of nitrogens with one attached hydrogen (secondary N) is 2. The minimum Gasteiger partial charge on any atom is -0.513 e. The standard InChI is InChI=1S/C15H23N3O7S/c16-10(15(24)25)3-4-12(20)18-11(14(23)17-6-13(21)22)7-26-9-2-1-8(19)5-9/h5,9-11,19H,1-4,6-7,16H2,(H,17,23)(H,18,20)(H,21,22)(H,24,25)/t9?,10-,11-/m0/s1. The van der Waals surface area contributed by atoms with Crippen LogP contribution in [-0.4, -0.2) is 68.7 Å². The molecule has 3 atom stereocenters. The van der Waals surface area contributed by atoms with Gasteiger partial charge in [0.05, 0.1) is 5.76 Å². The molecule has 7 N–H and O–H groups in total. The van der Waals surface area contributed by atoms with Crippen molar-refractivity contribution in [3.8, 4) is 0 Å². The lowest BCUT2D eigenvalue weighted by Gasteiger charge is -2.19. The molecule has 0 spiro atoms. The summed E-state index contributed by atoms with van der Waals surface area (Å²) >= 11 is 1.35. The number of aliphatic hydroxyl groups excluding tert-OH is 1. The smallest absolute Gasteiger partial charge is 0.322 e. The zero-order valence-corrected chi connectivity index (χ0v) is 14.8. The molecule has 1 unspecified atom stereocenters. The number of allylic oxidation sites excluding steroid dienone is 1. The van der Waals surface area contributed by atoms with Gasteiger partial charge in [0.25, 0.3) is 0 Å². The highest BCUT2D eigenvalue weighted by molar-refractivity contribution is 8.00. The number of amides is 2. The van der Waals surface area contributed by atoms with Gasteiger partial charge in [0.1, 0.15) is 18.6 Å². The van der Waals surface area contributed by atoms with E-state index in [0.717, 1.165) is 0 Å². The zero-order chi connectivity index (χ0) is 19.7. The first-order chi connectivity index (χ1) is 12.2. The number of carboxylic acids is 2. The van der Waals surface area contributed by atoms with E-state index in [1.165, 1.54) is 11.8 Å². The van der Waals surface area contributed by atoms with Gasteiger partial charge in [-0.2, -0.15) is 11.8 Å². The third-order valence-corrected chi connectivity index (χ3v) is 4.93. The molecule has 0 aromatic rings. The molecule has 0 bridgehead atoms. The van der Waals surface area contributed by atoms with Gasteiger partial charge < -0.3 is 31.7 Å². The number of carbonyl (C=O) groups is 4. The fourth-order valence-electron chi connectivity index (χ4n) is 2.17. The van der Waals surface area contributed by atoms with Gasteiger partial charge in [0.15, 0.2) is 0 Å². The molecule has 11 heteroatoms. The molecule has 0 aliphatic heterocycles. The summed E-state index contributed by atoms with van der Waals surface area (Å²) in [5, 5.41) is 31.4. The van der Waals surface area contributed by atoms with Crippen LogP contribution in [-0.2, 0) is 19.2 Å². The van der Waals surface area contributed by atoms with E-state index in [-0.39, 0.29) is 29.6 Å². The Bertz CT molecular complexity index is 582. The van der Waals surface area contributed by atoms with Crippen molar-refractivity contribution in [2.45, 2.75) is 43.0 Å². The van der Waals surface area contributed by atoms with Gasteiger partial charge in [-0.3, -0.25) is 19.2 Å². The lowest BCUT2D eigenvalue weighted by Crippen LogP contribution is -2.49. The second kappa shape index (κ2) is 10.7. The van der Waals surface area contributed by atoms with Crippen molar-refractivity contribution in [1.82, 2.24) is 10.6 Å². The maximum atomic E-state index is 12.1. The molecular formula is C15H23N3O7S. The Balaban J connectivity index is 2.57. The molecule has 0 fully saturated rings. The monoisotopic (exact) mass is 389 g/mol. The van der Waals surface area contributed by atoms with Crippen LogP contribution in [0.5, 0.6) is 0 Å². The Morgan fingerprint density at radius 3 is 2.54 bits per heavy atom. The summed E-state index contributed by atoms with van der Waals surface area (Å²) in [7, 11) is 0. The Kier molecular flexibility index (Phi) is 8.93. The summed E-state index contributed by atoms with van der Waals surface area (Å²) in [4.78, 5) is 45.3. The Hall–Kier alpha value is -2.27. The van der Waals surface area contributed by atoms with Gasteiger partial charge in [0.2, 0.25) is 11.8 Å². The summed E-state index contributed by atoms with van der Waals surface area (Å²) in [6.45, 7) is -0.579. The quantitative estimate of drug-likeness (QED) is 0.264. The first-order valence-electron chi connectivity index (χ1n) is 7.97. The molecule has 0 heterocycles. The predicted octanol–water partition coefficient (Wildman–Crippen LogP) is -0.798. The summed E-state index contributed by atoms with van der Waals surface area (Å²) in [5.74, 6) is -3.19. The van der Waals surface area contributed by atoms with Gasteiger partial charge in [-0.15, -0.1) is 0 Å². The number of carboxylic acid groups (broad SMARTS) is 2. The SMILES string of the molecule is N[C@@H](CCC(=O)N[C@@H](CSC1C=C(O)CC1)C(=O)NCC(=O)O)C(=O)O. The van der Waals surface area contributed by atoms with Crippen LogP contribution in [0.3, 0.4) is 0 Å². The van der Waals surface area contributed by atoms with E-state index in [4.69, 9.17) is 15.9 Å². The summed E-state index contributed by atoms with van der Waals surface area (Å²) in [6, 6.07) is -2.16. The number of rotatable bonds is 11. The van der Waals surface area contributed by atoms with Gasteiger partial charge in [-0.1, -0.05) is 0 Å². The molecule has 1 aliphatic carbocycles. The van der Waals surface area contributed by atoms with E-state index >= 15 is 0 Å². The van der Waals surface area contributed by atoms with Crippen molar-refractivity contribution in [3.63, 3.8) is 0 Å². The number of carbonyl (C=O) groups excluding carboxylic acids is 2. The Morgan fingerprint density at radius 2 is 2.00 bits per heavy atom. The van der Waals surface area contributed by atoms with E-state index in [2.05, 4.69) is 10.6 Å². The lowest BCUT2D eigenvalue weighted by molar-refractivity contribution is -0.139. The average molecular weight is 389 g/mol. The van der Waals surface area contributed by atoms with Crippen LogP contribution in [0.25, 0.3) is 0 Å². The Labute approximate surface area is 154 Å². The third kappa shape index (κ3) is 8.21. The fourth-order valence-corrected chi connectivity index (χ4v) is 3.38. The highest BCUT2D eigenvalue weighted by Crippen LogP contribution is 2.27. The van der Waals surface area contributed by atoms with Crippen LogP contribution in [0.2, 0.25) is 0 Å². The van der Waals surface area contributed by atoms with Crippen LogP contribution in [0, 0.1) is 0 Å². The second-order valence-electron chi connectivity index (χ2n) is 5.78. The number of nitrogens with two attached hydrogens (primary N) is 1. The first kappa shape index (κ1) is 21.8. The summed E-state index contributed by atoms with van der Waals surface area (Å²) < 4.78 is 0. The van der Waals surface area contributed by atoms with Crippen molar-refractivity contribution in [2.75, 3.05) is 12.3 Å². The van der Waals surface area contributed by atoms with Crippen molar-refractivity contribution >= 4 is 35.5 Å². The van der Waals surface area contributed by atoms with Gasteiger partial charge in [-0.05, 0) is 18.9 Å². The minimum atomic E-state index is -1.23. The molecule has 0 radical (unpaired) electrons. The van der Waals surface area contributed by atoms with Gasteiger partial charge in [0, 0.05) is 23.8 Å². The first-order valence-corrected chi connectivity index (χ1v) is 9.02. The molecule has 0 aromatic carbocycles. The number of hydrogen-bond acceptors (Lipinski definition) is 7. The van der Waals surface area contributed by atoms with Crippen LogP contribution in [0.4, 0.5) is 0 Å². The third-order valence-electron chi connectivity index (χ3n) is 3.61. The van der Waals surface area contributed by atoms with Crippen molar-refractivity contribution < 1.29 is 34.5 Å². The molecule has 1 rings (SSSR count). The maximum absolute atomic E-state index is 12.1. The van der Waals surface area contributed by atoms with E-state index in [1.807, 2.05) is 0 Å². The zero-order valence-electron chi connectivity index (χ0n) is 14.0. The summed E-state index contributed by atoms with van der Waals surface area (Å²) in [6.07, 6.45) is 2.67. The van der Waals surface area contributed by atoms with E-state index in [1.54, 1.807) is 6.08 Å². The van der Waals surface area contributed by atoms with Crippen molar-refractivity contribution in [1.29, 1.82) is 0 Å². The van der Waals surface area contributed by atoms with Crippen LogP contribution in [0.15, 0.2) is 11.8 Å². The van der Waals surface area contributed by atoms with Gasteiger partial charge >= 0.3 is 11.9 Å². The molecule has 1 aliphatic rings.